The Labute approximate surface area is 144 Å². The van der Waals surface area contributed by atoms with Gasteiger partial charge < -0.3 is 14.2 Å². The van der Waals surface area contributed by atoms with Crippen LogP contribution in [0, 0.1) is 15.9 Å². The van der Waals surface area contributed by atoms with Crippen LogP contribution in [0.25, 0.3) is 0 Å². The van der Waals surface area contributed by atoms with Crippen molar-refractivity contribution in [1.82, 2.24) is 0 Å². The van der Waals surface area contributed by atoms with E-state index in [0.29, 0.717) is 0 Å². The standard InChI is InChI=1S/C15H11BrFNO6/c1-22-14-5-8(17)3-4-12(14)24-13-6-9(15(19)23-2)11(18(20)21)7-10(13)16/h3-7H,1-2H3. The third kappa shape index (κ3) is 3.62. The molecule has 0 spiro atoms. The molecule has 24 heavy (non-hydrogen) atoms. The molecule has 0 atom stereocenters. The first-order valence-electron chi connectivity index (χ1n) is 6.45. The van der Waals surface area contributed by atoms with Gasteiger partial charge in [0.25, 0.3) is 5.69 Å². The van der Waals surface area contributed by atoms with E-state index in [0.717, 1.165) is 25.3 Å². The molecule has 0 bridgehead atoms. The third-order valence-corrected chi connectivity index (χ3v) is 3.62. The maximum absolute atomic E-state index is 13.2. The molecular formula is C15H11BrFNO6. The van der Waals surface area contributed by atoms with Crippen molar-refractivity contribution in [2.45, 2.75) is 0 Å². The Morgan fingerprint density at radius 3 is 2.46 bits per heavy atom. The fourth-order valence-electron chi connectivity index (χ4n) is 1.89. The third-order valence-electron chi connectivity index (χ3n) is 3.00. The second kappa shape index (κ2) is 7.26. The van der Waals surface area contributed by atoms with Gasteiger partial charge in [0.05, 0.1) is 23.6 Å². The van der Waals surface area contributed by atoms with Crippen LogP contribution < -0.4 is 9.47 Å². The number of esters is 1. The number of rotatable bonds is 5. The van der Waals surface area contributed by atoms with Crippen molar-refractivity contribution in [1.29, 1.82) is 0 Å². The van der Waals surface area contributed by atoms with Crippen LogP contribution in [0.2, 0.25) is 0 Å². The van der Waals surface area contributed by atoms with Gasteiger partial charge in [-0.1, -0.05) is 0 Å². The van der Waals surface area contributed by atoms with Crippen molar-refractivity contribution in [3.8, 4) is 17.2 Å². The van der Waals surface area contributed by atoms with Crippen molar-refractivity contribution in [2.24, 2.45) is 0 Å². The van der Waals surface area contributed by atoms with Crippen LogP contribution in [-0.2, 0) is 4.74 Å². The maximum Gasteiger partial charge on any atom is 0.345 e. The first kappa shape index (κ1) is 17.7. The van der Waals surface area contributed by atoms with Crippen LogP contribution >= 0.6 is 15.9 Å². The van der Waals surface area contributed by atoms with E-state index < -0.39 is 22.4 Å². The molecule has 0 amide bonds. The van der Waals surface area contributed by atoms with Crippen molar-refractivity contribution in [3.05, 3.63) is 56.3 Å². The molecule has 2 rings (SSSR count). The number of nitrogens with zero attached hydrogens (tertiary/aromatic N) is 1. The minimum atomic E-state index is -0.884. The average Bonchev–Trinajstić information content (AvgIpc) is 2.56. The fourth-order valence-corrected chi connectivity index (χ4v) is 2.30. The molecule has 0 unspecified atom stereocenters. The molecule has 0 radical (unpaired) electrons. The number of ether oxygens (including phenoxy) is 3. The zero-order chi connectivity index (χ0) is 17.9. The first-order chi connectivity index (χ1) is 11.4. The van der Waals surface area contributed by atoms with E-state index in [1.54, 1.807) is 0 Å². The molecule has 2 aromatic rings. The van der Waals surface area contributed by atoms with E-state index in [1.807, 2.05) is 0 Å². The summed E-state index contributed by atoms with van der Waals surface area (Å²) in [4.78, 5) is 22.1. The van der Waals surface area contributed by atoms with Gasteiger partial charge in [-0.2, -0.15) is 0 Å². The molecule has 0 aliphatic rings. The van der Waals surface area contributed by atoms with Gasteiger partial charge in [-0.05, 0) is 28.1 Å². The number of nitro groups is 1. The minimum Gasteiger partial charge on any atom is -0.493 e. The van der Waals surface area contributed by atoms with E-state index in [4.69, 9.17) is 9.47 Å². The van der Waals surface area contributed by atoms with Crippen LogP contribution in [0.3, 0.4) is 0 Å². The summed E-state index contributed by atoms with van der Waals surface area (Å²) in [6.45, 7) is 0. The lowest BCUT2D eigenvalue weighted by molar-refractivity contribution is -0.385. The molecule has 2 aromatic carbocycles. The molecule has 0 heterocycles. The van der Waals surface area contributed by atoms with Gasteiger partial charge in [0.2, 0.25) is 0 Å². The number of hydrogen-bond acceptors (Lipinski definition) is 6. The maximum atomic E-state index is 13.2. The fraction of sp³-hybridized carbons (Fsp3) is 0.133. The van der Waals surface area contributed by atoms with E-state index in [2.05, 4.69) is 20.7 Å². The van der Waals surface area contributed by atoms with Gasteiger partial charge in [0.15, 0.2) is 11.5 Å². The summed E-state index contributed by atoms with van der Waals surface area (Å²) >= 11 is 3.14. The summed E-state index contributed by atoms with van der Waals surface area (Å²) in [5, 5.41) is 11.1. The molecule has 0 saturated carbocycles. The number of methoxy groups -OCH3 is 2. The predicted octanol–water partition coefficient (Wildman–Crippen LogP) is 4.08. The van der Waals surface area contributed by atoms with Crippen molar-refractivity contribution in [3.63, 3.8) is 0 Å². The quantitative estimate of drug-likeness (QED) is 0.427. The summed E-state index contributed by atoms with van der Waals surface area (Å²) < 4.78 is 28.6. The van der Waals surface area contributed by atoms with E-state index in [9.17, 15) is 19.3 Å². The minimum absolute atomic E-state index is 0.103. The average molecular weight is 400 g/mol. The molecule has 0 aliphatic carbocycles. The van der Waals surface area contributed by atoms with Crippen LogP contribution in [-0.4, -0.2) is 25.1 Å². The van der Waals surface area contributed by atoms with Crippen LogP contribution in [0.15, 0.2) is 34.8 Å². The van der Waals surface area contributed by atoms with Crippen LogP contribution in [0.5, 0.6) is 17.2 Å². The number of carbonyl (C=O) groups is 1. The van der Waals surface area contributed by atoms with E-state index in [-0.39, 0.29) is 27.3 Å². The van der Waals surface area contributed by atoms with Crippen LogP contribution in [0.1, 0.15) is 10.4 Å². The number of nitro benzene ring substituents is 1. The Kier molecular flexibility index (Phi) is 5.35. The van der Waals surface area contributed by atoms with Gasteiger partial charge in [0, 0.05) is 18.2 Å². The normalized spacial score (nSPS) is 10.2. The summed E-state index contributed by atoms with van der Waals surface area (Å²) in [6, 6.07) is 5.91. The van der Waals surface area contributed by atoms with Crippen molar-refractivity contribution in [2.75, 3.05) is 14.2 Å². The second-order valence-corrected chi connectivity index (χ2v) is 5.30. The molecule has 0 N–H and O–H groups in total. The summed E-state index contributed by atoms with van der Waals surface area (Å²) in [6.07, 6.45) is 0. The SMILES string of the molecule is COC(=O)c1cc(Oc2ccc(F)cc2OC)c(Br)cc1[N+](=O)[O-]. The van der Waals surface area contributed by atoms with Gasteiger partial charge in [-0.15, -0.1) is 0 Å². The topological polar surface area (TPSA) is 87.9 Å². The highest BCUT2D eigenvalue weighted by atomic mass is 79.9. The summed E-state index contributed by atoms with van der Waals surface area (Å²) in [7, 11) is 2.45. The van der Waals surface area contributed by atoms with Crippen molar-refractivity contribution >= 4 is 27.6 Å². The lowest BCUT2D eigenvalue weighted by atomic mass is 10.1. The Morgan fingerprint density at radius 2 is 1.88 bits per heavy atom. The molecule has 0 aromatic heterocycles. The Hall–Kier alpha value is -2.68. The van der Waals surface area contributed by atoms with Gasteiger partial charge in [-0.25, -0.2) is 9.18 Å². The lowest BCUT2D eigenvalue weighted by Crippen LogP contribution is -2.06. The Balaban J connectivity index is 2.51. The number of carbonyl (C=O) groups excluding carboxylic acids is 1. The highest BCUT2D eigenvalue weighted by Gasteiger charge is 2.24. The largest absolute Gasteiger partial charge is 0.493 e. The van der Waals surface area contributed by atoms with E-state index >= 15 is 0 Å². The highest BCUT2D eigenvalue weighted by Crippen LogP contribution is 2.38. The highest BCUT2D eigenvalue weighted by molar-refractivity contribution is 9.10. The van der Waals surface area contributed by atoms with Crippen LogP contribution in [0.4, 0.5) is 10.1 Å². The van der Waals surface area contributed by atoms with Crippen molar-refractivity contribution < 1.29 is 28.3 Å². The molecule has 0 saturated heterocycles. The zero-order valence-electron chi connectivity index (χ0n) is 12.5. The number of benzene rings is 2. The zero-order valence-corrected chi connectivity index (χ0v) is 14.1. The molecule has 0 fully saturated rings. The Morgan fingerprint density at radius 1 is 1.17 bits per heavy atom. The molecule has 9 heteroatoms. The second-order valence-electron chi connectivity index (χ2n) is 4.45. The smallest absolute Gasteiger partial charge is 0.345 e. The number of halogens is 2. The molecule has 0 aliphatic heterocycles. The first-order valence-corrected chi connectivity index (χ1v) is 7.24. The van der Waals surface area contributed by atoms with E-state index in [1.165, 1.54) is 19.2 Å². The molecule has 126 valence electrons. The Bertz CT molecular complexity index is 811. The molecule has 7 nitrogen and oxygen atoms in total. The molecular weight excluding hydrogens is 389 g/mol. The monoisotopic (exact) mass is 399 g/mol. The van der Waals surface area contributed by atoms with Gasteiger partial charge in [-0.3, -0.25) is 10.1 Å². The van der Waals surface area contributed by atoms with Gasteiger partial charge in [0.1, 0.15) is 17.1 Å². The summed E-state index contributed by atoms with van der Waals surface area (Å²) in [5.41, 5.74) is -0.714. The summed E-state index contributed by atoms with van der Waals surface area (Å²) in [5.74, 6) is -1.00. The lowest BCUT2D eigenvalue weighted by Gasteiger charge is -2.12. The number of hydrogen-bond donors (Lipinski definition) is 0. The predicted molar refractivity (Wildman–Crippen MR) is 85.2 cm³/mol. The van der Waals surface area contributed by atoms with Gasteiger partial charge >= 0.3 is 5.97 Å².